The van der Waals surface area contributed by atoms with Crippen molar-refractivity contribution in [2.75, 3.05) is 0 Å². The van der Waals surface area contributed by atoms with Crippen molar-refractivity contribution in [2.45, 2.75) is 171 Å². The molecule has 2 aromatic rings. The van der Waals surface area contributed by atoms with Gasteiger partial charge in [-0.05, 0) is 153 Å². The first-order valence-electron chi connectivity index (χ1n) is 19.9. The van der Waals surface area contributed by atoms with Gasteiger partial charge in [-0.15, -0.1) is 0 Å². The van der Waals surface area contributed by atoms with Gasteiger partial charge in [-0.3, -0.25) is 4.93 Å². The maximum Gasteiger partial charge on any atom is 0.130 e. The van der Waals surface area contributed by atoms with E-state index in [2.05, 4.69) is 86.0 Å². The van der Waals surface area contributed by atoms with E-state index in [4.69, 9.17) is 4.74 Å². The molecule has 0 saturated carbocycles. The van der Waals surface area contributed by atoms with Gasteiger partial charge in [0, 0.05) is 66.0 Å². The molecule has 55 heavy (non-hydrogen) atoms. The normalized spacial score (nSPS) is 20.4. The standard InChI is InChI=1S/2C23H34O2.CH2I.CH3.2V/c1-7-8-9-10-17-15(3)21(24)20-18-13-14(2)11-12-19(18)23(5,6)25-22(20)16(17)4;1-7-8-9-10-19-16(5)22(24)21(23(25)17(19)6)20-13-15(4)11-12-18(20)14(2)3;1-2;;;/h13,18-19,24H,7-12H2,1-6H3;13,18,20,24-25H,2,7-12H2,1,3-6H3;1H2;1H3;;/q;;2*-1;;. The number of fused-ring (bicyclic) bond motifs is 3. The second-order valence-electron chi connectivity index (χ2n) is 16.5. The summed E-state index contributed by atoms with van der Waals surface area (Å²) in [7, 11) is 0. The molecule has 3 aliphatic rings. The molecule has 0 amide bonds. The quantitative estimate of drug-likeness (QED) is 0.0961. The van der Waals surface area contributed by atoms with Crippen molar-refractivity contribution in [3.05, 3.63) is 92.3 Å². The van der Waals surface area contributed by atoms with E-state index in [0.717, 1.165) is 84.1 Å². The molecule has 2 radical (unpaired) electrons. The third-order valence-corrected chi connectivity index (χ3v) is 12.3. The molecule has 4 atom stereocenters. The fourth-order valence-electron chi connectivity index (χ4n) is 9.14. The van der Waals surface area contributed by atoms with E-state index in [1.807, 2.05) is 36.4 Å². The summed E-state index contributed by atoms with van der Waals surface area (Å²) in [4.78, 5) is 3.22. The van der Waals surface area contributed by atoms with Gasteiger partial charge in [0.25, 0.3) is 0 Å². The number of rotatable bonds is 10. The first-order chi connectivity index (χ1) is 24.6. The van der Waals surface area contributed by atoms with Crippen molar-refractivity contribution in [3.8, 4) is 23.0 Å². The average Bonchev–Trinajstić information content (AvgIpc) is 3.10. The van der Waals surface area contributed by atoms with Crippen molar-refractivity contribution in [3.63, 3.8) is 0 Å². The van der Waals surface area contributed by atoms with Crippen LogP contribution in [0.5, 0.6) is 23.0 Å². The van der Waals surface area contributed by atoms with Crippen molar-refractivity contribution < 1.29 is 57.2 Å². The Morgan fingerprint density at radius 1 is 0.727 bits per heavy atom. The zero-order valence-electron chi connectivity index (χ0n) is 36.4. The predicted octanol–water partition coefficient (Wildman–Crippen LogP) is 14.5. The summed E-state index contributed by atoms with van der Waals surface area (Å²) < 4.78 is 6.55. The Morgan fingerprint density at radius 3 is 1.60 bits per heavy atom. The summed E-state index contributed by atoms with van der Waals surface area (Å²) in [6.07, 6.45) is 17.9. The molecule has 0 saturated heterocycles. The zero-order chi connectivity index (χ0) is 39.1. The number of allylic oxidation sites excluding steroid dienone is 5. The zero-order valence-corrected chi connectivity index (χ0v) is 41.3. The molecule has 0 spiro atoms. The van der Waals surface area contributed by atoms with Gasteiger partial charge in [-0.1, -0.05) is 75.0 Å². The predicted molar refractivity (Wildman–Crippen MR) is 237 cm³/mol. The number of ether oxygens (including phenoxy) is 1. The fraction of sp³-hybridized carbons (Fsp3) is 0.583. The van der Waals surface area contributed by atoms with Gasteiger partial charge in [0.1, 0.15) is 28.6 Å². The van der Waals surface area contributed by atoms with E-state index >= 15 is 0 Å². The van der Waals surface area contributed by atoms with Crippen LogP contribution >= 0.6 is 22.6 Å². The summed E-state index contributed by atoms with van der Waals surface area (Å²) in [5.74, 6) is 2.96. The number of phenols is 3. The molecule has 2 aliphatic carbocycles. The van der Waals surface area contributed by atoms with E-state index < -0.39 is 0 Å². The summed E-state index contributed by atoms with van der Waals surface area (Å²) >= 11 is 1.90. The second kappa shape index (κ2) is 24.0. The van der Waals surface area contributed by atoms with Crippen LogP contribution in [0.2, 0.25) is 0 Å². The van der Waals surface area contributed by atoms with Crippen molar-refractivity contribution >= 4 is 22.6 Å². The maximum atomic E-state index is 11.1. The Bertz CT molecular complexity index is 1610. The van der Waals surface area contributed by atoms with Gasteiger partial charge < -0.3 is 50.1 Å². The smallest absolute Gasteiger partial charge is 0.130 e. The van der Waals surface area contributed by atoms with Crippen molar-refractivity contribution in [1.29, 1.82) is 0 Å². The third kappa shape index (κ3) is 12.2. The van der Waals surface area contributed by atoms with Crippen molar-refractivity contribution in [1.82, 2.24) is 0 Å². The topological polar surface area (TPSA) is 69.9 Å². The Morgan fingerprint density at radius 2 is 1.15 bits per heavy atom. The van der Waals surface area contributed by atoms with E-state index in [-0.39, 0.29) is 79.4 Å². The molecule has 1 heterocycles. The first kappa shape index (κ1) is 53.8. The summed E-state index contributed by atoms with van der Waals surface area (Å²) in [5.41, 5.74) is 12.0. The van der Waals surface area contributed by atoms with Gasteiger partial charge in [-0.25, -0.2) is 0 Å². The number of aromatic hydroxyl groups is 3. The van der Waals surface area contributed by atoms with E-state index in [0.29, 0.717) is 17.2 Å². The van der Waals surface area contributed by atoms with Gasteiger partial charge in [0.05, 0.1) is 0 Å². The summed E-state index contributed by atoms with van der Waals surface area (Å²) in [6, 6.07) is 0. The van der Waals surface area contributed by atoms with E-state index in [1.165, 1.54) is 54.4 Å². The number of halogens is 1. The minimum absolute atomic E-state index is 0. The summed E-state index contributed by atoms with van der Waals surface area (Å²) in [6.45, 7) is 27.7. The van der Waals surface area contributed by atoms with Gasteiger partial charge >= 0.3 is 0 Å². The fourth-order valence-corrected chi connectivity index (χ4v) is 9.14. The van der Waals surface area contributed by atoms with Gasteiger partial charge in [-0.2, -0.15) is 0 Å². The SMILES string of the molecule is C=C(C)C1CCC(C)=CC1c1c(O)c(C)c(CCCCC)c(C)c1O.CCCCCc1c(C)c(O)c2c(c1C)OC(C)(C)C1CCC(C)=CC21.[CH2-]I.[CH3-].[V].[V]. The van der Waals surface area contributed by atoms with Crippen LogP contribution in [-0.4, -0.2) is 20.9 Å². The van der Waals surface area contributed by atoms with E-state index in [1.54, 1.807) is 0 Å². The minimum atomic E-state index is -0.192. The molecule has 0 bridgehead atoms. The number of hydrogen-bond acceptors (Lipinski definition) is 4. The Kier molecular flexibility index (Phi) is 23.4. The molecule has 0 aromatic heterocycles. The average molecular weight is 943 g/mol. The third-order valence-electron chi connectivity index (χ3n) is 12.3. The maximum absolute atomic E-state index is 11.1. The van der Waals surface area contributed by atoms with Crippen LogP contribution in [0.1, 0.15) is 169 Å². The van der Waals surface area contributed by atoms with Gasteiger partial charge in [0.15, 0.2) is 0 Å². The number of hydrogen-bond donors (Lipinski definition) is 3. The second-order valence-corrected chi connectivity index (χ2v) is 16.5. The number of benzene rings is 2. The molecule has 1 aliphatic heterocycles. The van der Waals surface area contributed by atoms with Gasteiger partial charge in [0.2, 0.25) is 0 Å². The van der Waals surface area contributed by atoms with Crippen LogP contribution < -0.4 is 4.74 Å². The molecule has 5 rings (SSSR count). The molecule has 3 N–H and O–H groups in total. The minimum Gasteiger partial charge on any atom is -0.507 e. The Hall–Kier alpha value is -1.24. The monoisotopic (exact) mass is 942 g/mol. The van der Waals surface area contributed by atoms with Crippen LogP contribution in [0.25, 0.3) is 0 Å². The molecule has 4 unspecified atom stereocenters. The van der Waals surface area contributed by atoms with Crippen molar-refractivity contribution in [2.24, 2.45) is 11.8 Å². The molecule has 0 fully saturated rings. The van der Waals surface area contributed by atoms with Crippen LogP contribution in [0, 0.1) is 51.9 Å². The van der Waals surface area contributed by atoms with E-state index in [9.17, 15) is 15.3 Å². The molecular weight excluding hydrogens is 869 g/mol. The first-order valence-corrected chi connectivity index (χ1v) is 21.4. The summed E-state index contributed by atoms with van der Waals surface area (Å²) in [5, 5.41) is 33.0. The van der Waals surface area contributed by atoms with Crippen LogP contribution in [-0.2, 0) is 50.0 Å². The molecular formula is C48H73IO4V2-2. The molecule has 7 heteroatoms. The largest absolute Gasteiger partial charge is 0.507 e. The number of phenolic OH excluding ortho intramolecular Hbond substituents is 3. The van der Waals surface area contributed by atoms with Crippen LogP contribution in [0.4, 0.5) is 0 Å². The Balaban J connectivity index is 0.000000964. The van der Waals surface area contributed by atoms with Crippen LogP contribution in [0.3, 0.4) is 0 Å². The molecule has 308 valence electrons. The van der Waals surface area contributed by atoms with Crippen LogP contribution in [0.15, 0.2) is 35.5 Å². The molecule has 4 nitrogen and oxygen atoms in total. The Labute approximate surface area is 374 Å². The molecule has 2 aromatic carbocycles. The number of unbranched alkanes of at least 4 members (excludes halogenated alkanes) is 4.